The summed E-state index contributed by atoms with van der Waals surface area (Å²) in [6.07, 6.45) is 8.14. The van der Waals surface area contributed by atoms with Gasteiger partial charge < -0.3 is 10.2 Å². The molecule has 0 aromatic heterocycles. The van der Waals surface area contributed by atoms with Crippen LogP contribution in [0.15, 0.2) is 0 Å². The highest BCUT2D eigenvalue weighted by molar-refractivity contribution is 4.85. The number of rotatable bonds is 9. The van der Waals surface area contributed by atoms with Crippen molar-refractivity contribution in [3.05, 3.63) is 0 Å². The van der Waals surface area contributed by atoms with E-state index in [2.05, 4.69) is 37.9 Å². The Morgan fingerprint density at radius 2 is 1.89 bits per heavy atom. The van der Waals surface area contributed by atoms with E-state index in [4.69, 9.17) is 0 Å². The number of nitrogens with one attached hydrogen (secondary N) is 1. The zero-order valence-corrected chi connectivity index (χ0v) is 13.8. The molecule has 0 bridgehead atoms. The molecule has 0 aromatic carbocycles. The number of hydrogen-bond donors (Lipinski definition) is 1. The maximum Gasteiger partial charge on any atom is 0.0108 e. The standard InChI is InChI=1S/C17H36N2/c1-5-8-12-19(7-3)14-16-13-15(4)9-10-17(16)18-11-6-2/h15-18H,5-14H2,1-4H3. The minimum Gasteiger partial charge on any atom is -0.314 e. The van der Waals surface area contributed by atoms with Crippen LogP contribution in [0.2, 0.25) is 0 Å². The second-order valence-electron chi connectivity index (χ2n) is 6.49. The summed E-state index contributed by atoms with van der Waals surface area (Å²) >= 11 is 0. The fraction of sp³-hybridized carbons (Fsp3) is 1.00. The first-order chi connectivity index (χ1) is 9.21. The average molecular weight is 268 g/mol. The molecule has 0 radical (unpaired) electrons. The number of unbranched alkanes of at least 4 members (excludes halogenated alkanes) is 1. The van der Waals surface area contributed by atoms with Crippen molar-refractivity contribution in [3.8, 4) is 0 Å². The van der Waals surface area contributed by atoms with Crippen molar-refractivity contribution < 1.29 is 0 Å². The second-order valence-corrected chi connectivity index (χ2v) is 6.49. The molecule has 0 saturated heterocycles. The molecule has 2 nitrogen and oxygen atoms in total. The van der Waals surface area contributed by atoms with Crippen LogP contribution in [0.25, 0.3) is 0 Å². The van der Waals surface area contributed by atoms with E-state index < -0.39 is 0 Å². The largest absolute Gasteiger partial charge is 0.314 e. The summed E-state index contributed by atoms with van der Waals surface area (Å²) in [5, 5.41) is 3.80. The first-order valence-corrected chi connectivity index (χ1v) is 8.66. The number of nitrogens with zero attached hydrogens (tertiary/aromatic N) is 1. The third-order valence-corrected chi connectivity index (χ3v) is 4.67. The summed E-state index contributed by atoms with van der Waals surface area (Å²) < 4.78 is 0. The van der Waals surface area contributed by atoms with Crippen LogP contribution >= 0.6 is 0 Å². The lowest BCUT2D eigenvalue weighted by Crippen LogP contribution is -2.46. The van der Waals surface area contributed by atoms with Crippen LogP contribution in [0.3, 0.4) is 0 Å². The van der Waals surface area contributed by atoms with Gasteiger partial charge in [0.05, 0.1) is 0 Å². The van der Waals surface area contributed by atoms with Gasteiger partial charge in [-0.25, -0.2) is 0 Å². The monoisotopic (exact) mass is 268 g/mol. The quantitative estimate of drug-likeness (QED) is 0.682. The maximum atomic E-state index is 3.80. The molecule has 114 valence electrons. The fourth-order valence-electron chi connectivity index (χ4n) is 3.39. The Bertz CT molecular complexity index is 215. The van der Waals surface area contributed by atoms with Crippen molar-refractivity contribution in [2.45, 2.75) is 72.3 Å². The van der Waals surface area contributed by atoms with Gasteiger partial charge in [-0.15, -0.1) is 0 Å². The van der Waals surface area contributed by atoms with Crippen molar-refractivity contribution in [3.63, 3.8) is 0 Å². The molecule has 0 aromatic rings. The van der Waals surface area contributed by atoms with E-state index in [0.717, 1.165) is 17.9 Å². The minimum atomic E-state index is 0.770. The highest BCUT2D eigenvalue weighted by Gasteiger charge is 2.29. The summed E-state index contributed by atoms with van der Waals surface area (Å²) in [6, 6.07) is 0.770. The molecule has 1 aliphatic carbocycles. The molecule has 0 heterocycles. The zero-order chi connectivity index (χ0) is 14.1. The van der Waals surface area contributed by atoms with Gasteiger partial charge in [-0.1, -0.05) is 34.1 Å². The van der Waals surface area contributed by atoms with Crippen LogP contribution in [-0.4, -0.2) is 37.1 Å². The first kappa shape index (κ1) is 17.0. The van der Waals surface area contributed by atoms with Gasteiger partial charge in [0.1, 0.15) is 0 Å². The van der Waals surface area contributed by atoms with Gasteiger partial charge in [-0.2, -0.15) is 0 Å². The molecule has 1 fully saturated rings. The highest BCUT2D eigenvalue weighted by atomic mass is 15.1. The molecule has 1 aliphatic rings. The lowest BCUT2D eigenvalue weighted by atomic mass is 9.78. The Labute approximate surface area is 121 Å². The van der Waals surface area contributed by atoms with Crippen LogP contribution < -0.4 is 5.32 Å². The van der Waals surface area contributed by atoms with Gasteiger partial charge in [0.25, 0.3) is 0 Å². The predicted molar refractivity (Wildman–Crippen MR) is 85.6 cm³/mol. The third-order valence-electron chi connectivity index (χ3n) is 4.67. The maximum absolute atomic E-state index is 3.80. The van der Waals surface area contributed by atoms with E-state index in [1.54, 1.807) is 0 Å². The molecule has 0 spiro atoms. The van der Waals surface area contributed by atoms with Crippen LogP contribution in [0.4, 0.5) is 0 Å². The molecular formula is C17H36N2. The molecular weight excluding hydrogens is 232 g/mol. The molecule has 1 saturated carbocycles. The normalized spacial score (nSPS) is 27.9. The molecule has 1 N–H and O–H groups in total. The zero-order valence-electron chi connectivity index (χ0n) is 13.8. The molecule has 3 unspecified atom stereocenters. The summed E-state index contributed by atoms with van der Waals surface area (Å²) in [4.78, 5) is 2.67. The van der Waals surface area contributed by atoms with Crippen LogP contribution in [0, 0.1) is 11.8 Å². The smallest absolute Gasteiger partial charge is 0.0108 e. The van der Waals surface area contributed by atoms with Crippen LogP contribution in [0.5, 0.6) is 0 Å². The van der Waals surface area contributed by atoms with E-state index in [-0.39, 0.29) is 0 Å². The number of hydrogen-bond acceptors (Lipinski definition) is 2. The van der Waals surface area contributed by atoms with Crippen molar-refractivity contribution in [2.75, 3.05) is 26.2 Å². The van der Waals surface area contributed by atoms with Crippen LogP contribution in [0.1, 0.15) is 66.2 Å². The summed E-state index contributed by atoms with van der Waals surface area (Å²) in [7, 11) is 0. The average Bonchev–Trinajstić information content (AvgIpc) is 2.42. The third kappa shape index (κ3) is 6.27. The lowest BCUT2D eigenvalue weighted by Gasteiger charge is -2.38. The van der Waals surface area contributed by atoms with Gasteiger partial charge in [-0.3, -0.25) is 0 Å². The van der Waals surface area contributed by atoms with E-state index in [1.165, 1.54) is 64.7 Å². The van der Waals surface area contributed by atoms with E-state index in [0.29, 0.717) is 0 Å². The fourth-order valence-corrected chi connectivity index (χ4v) is 3.39. The SMILES string of the molecule is CCCCN(CC)CC1CC(C)CCC1NCCC. The molecule has 0 aliphatic heterocycles. The summed E-state index contributed by atoms with van der Waals surface area (Å²) in [5.74, 6) is 1.79. The van der Waals surface area contributed by atoms with Crippen molar-refractivity contribution in [1.82, 2.24) is 10.2 Å². The molecule has 2 heteroatoms. The lowest BCUT2D eigenvalue weighted by molar-refractivity contribution is 0.147. The second kappa shape index (κ2) is 9.77. The van der Waals surface area contributed by atoms with Crippen molar-refractivity contribution >= 4 is 0 Å². The predicted octanol–water partition coefficient (Wildman–Crippen LogP) is 3.91. The minimum absolute atomic E-state index is 0.770. The first-order valence-electron chi connectivity index (χ1n) is 8.66. The summed E-state index contributed by atoms with van der Waals surface area (Å²) in [6.45, 7) is 14.3. The highest BCUT2D eigenvalue weighted by Crippen LogP contribution is 2.29. The molecule has 0 amide bonds. The Hall–Kier alpha value is -0.0800. The van der Waals surface area contributed by atoms with Gasteiger partial charge >= 0.3 is 0 Å². The van der Waals surface area contributed by atoms with E-state index in [9.17, 15) is 0 Å². The van der Waals surface area contributed by atoms with Gasteiger partial charge in [-0.05, 0) is 63.6 Å². The Morgan fingerprint density at radius 1 is 1.11 bits per heavy atom. The van der Waals surface area contributed by atoms with Gasteiger partial charge in [0.15, 0.2) is 0 Å². The Kier molecular flexibility index (Phi) is 8.72. The Balaban J connectivity index is 2.47. The van der Waals surface area contributed by atoms with Gasteiger partial charge in [0, 0.05) is 12.6 Å². The van der Waals surface area contributed by atoms with E-state index in [1.807, 2.05) is 0 Å². The molecule has 19 heavy (non-hydrogen) atoms. The Morgan fingerprint density at radius 3 is 2.53 bits per heavy atom. The molecule has 3 atom stereocenters. The molecule has 1 rings (SSSR count). The van der Waals surface area contributed by atoms with Crippen molar-refractivity contribution in [2.24, 2.45) is 11.8 Å². The van der Waals surface area contributed by atoms with Crippen molar-refractivity contribution in [1.29, 1.82) is 0 Å². The van der Waals surface area contributed by atoms with Crippen LogP contribution in [-0.2, 0) is 0 Å². The topological polar surface area (TPSA) is 15.3 Å². The van der Waals surface area contributed by atoms with Gasteiger partial charge in [0.2, 0.25) is 0 Å². The summed E-state index contributed by atoms with van der Waals surface area (Å²) in [5.41, 5.74) is 0. The van der Waals surface area contributed by atoms with E-state index >= 15 is 0 Å².